The van der Waals surface area contributed by atoms with Crippen LogP contribution in [0.3, 0.4) is 0 Å². The number of aliphatic hydroxyl groups excluding tert-OH is 1. The summed E-state index contributed by atoms with van der Waals surface area (Å²) in [6, 6.07) is 7.53. The summed E-state index contributed by atoms with van der Waals surface area (Å²) in [6.45, 7) is 3.65. The Bertz CT molecular complexity index is 361. The lowest BCUT2D eigenvalue weighted by atomic mass is 9.72. The highest BCUT2D eigenvalue weighted by Gasteiger charge is 2.46. The van der Waals surface area contributed by atoms with Gasteiger partial charge in [0.05, 0.1) is 6.10 Å². The third kappa shape index (κ3) is 1.48. The van der Waals surface area contributed by atoms with Gasteiger partial charge in [0.2, 0.25) is 0 Å². The molecule has 2 atom stereocenters. The molecule has 2 rings (SSSR count). The van der Waals surface area contributed by atoms with Gasteiger partial charge >= 0.3 is 0 Å². The fraction of sp³-hybridized carbons (Fsp3) is 0.538. The molecule has 0 heterocycles. The maximum Gasteiger partial charge on any atom is 0.164 e. The Hall–Kier alpha value is -0.890. The Balaban J connectivity index is 2.55. The average molecular weight is 208 g/mol. The zero-order valence-corrected chi connectivity index (χ0v) is 9.20. The van der Waals surface area contributed by atoms with Gasteiger partial charge in [0.25, 0.3) is 0 Å². The molecule has 2 heteroatoms. The van der Waals surface area contributed by atoms with E-state index < -0.39 is 11.8 Å². The Morgan fingerprint density at radius 1 is 1.40 bits per heavy atom. The van der Waals surface area contributed by atoms with Crippen molar-refractivity contribution < 1.29 is 9.50 Å². The summed E-state index contributed by atoms with van der Waals surface area (Å²) in [4.78, 5) is 0. The Morgan fingerprint density at radius 3 is 2.73 bits per heavy atom. The number of aliphatic hydroxyl groups is 1. The molecule has 0 aliphatic heterocycles. The molecule has 0 saturated carbocycles. The van der Waals surface area contributed by atoms with Crippen LogP contribution in [0.4, 0.5) is 4.39 Å². The molecule has 1 N–H and O–H groups in total. The highest BCUT2D eigenvalue weighted by atomic mass is 19.1. The Morgan fingerprint density at radius 2 is 2.07 bits per heavy atom. The van der Waals surface area contributed by atoms with E-state index in [4.69, 9.17) is 0 Å². The third-order valence-corrected chi connectivity index (χ3v) is 3.44. The van der Waals surface area contributed by atoms with Gasteiger partial charge in [-0.3, -0.25) is 0 Å². The largest absolute Gasteiger partial charge is 0.389 e. The molecular weight excluding hydrogens is 191 g/mol. The standard InChI is InChI=1S/C13H17FO/c1-9(2)13(14)11-6-4-3-5-10(11)7-8-12(13)15/h3-6,9,12,15H,7-8H2,1-2H3. The monoisotopic (exact) mass is 208 g/mol. The van der Waals surface area contributed by atoms with Crippen molar-refractivity contribution in [2.24, 2.45) is 5.92 Å². The number of fused-ring (bicyclic) bond motifs is 1. The summed E-state index contributed by atoms with van der Waals surface area (Å²) in [7, 11) is 0. The number of hydrogen-bond donors (Lipinski definition) is 1. The van der Waals surface area contributed by atoms with Gasteiger partial charge < -0.3 is 5.11 Å². The van der Waals surface area contributed by atoms with Crippen molar-refractivity contribution >= 4 is 0 Å². The normalized spacial score (nSPS) is 30.3. The topological polar surface area (TPSA) is 20.2 Å². The molecule has 0 bridgehead atoms. The first-order chi connectivity index (χ1) is 7.06. The molecule has 1 aliphatic rings. The van der Waals surface area contributed by atoms with Gasteiger partial charge in [0.1, 0.15) is 0 Å². The second-order valence-electron chi connectivity index (χ2n) is 4.63. The molecule has 82 valence electrons. The first-order valence-corrected chi connectivity index (χ1v) is 5.52. The molecule has 0 radical (unpaired) electrons. The minimum absolute atomic E-state index is 0.200. The van der Waals surface area contributed by atoms with Gasteiger partial charge in [-0.25, -0.2) is 4.39 Å². The van der Waals surface area contributed by atoms with E-state index in [0.29, 0.717) is 12.0 Å². The lowest BCUT2D eigenvalue weighted by Crippen LogP contribution is -2.43. The molecule has 0 amide bonds. The molecule has 1 aromatic carbocycles. The number of benzene rings is 1. The molecule has 0 aromatic heterocycles. The molecular formula is C13H17FO. The number of aryl methyl sites for hydroxylation is 1. The molecule has 0 spiro atoms. The summed E-state index contributed by atoms with van der Waals surface area (Å²) in [5, 5.41) is 9.87. The molecule has 0 fully saturated rings. The van der Waals surface area contributed by atoms with Gasteiger partial charge in [-0.05, 0) is 29.9 Å². The fourth-order valence-corrected chi connectivity index (χ4v) is 2.49. The van der Waals surface area contributed by atoms with Crippen molar-refractivity contribution in [2.45, 2.75) is 38.5 Å². The summed E-state index contributed by atoms with van der Waals surface area (Å²) >= 11 is 0. The van der Waals surface area contributed by atoms with Crippen LogP contribution in [-0.4, -0.2) is 11.2 Å². The van der Waals surface area contributed by atoms with Gasteiger partial charge in [0.15, 0.2) is 5.67 Å². The highest BCUT2D eigenvalue weighted by Crippen LogP contribution is 2.44. The van der Waals surface area contributed by atoms with E-state index in [-0.39, 0.29) is 5.92 Å². The first kappa shape index (κ1) is 10.6. The predicted molar refractivity (Wildman–Crippen MR) is 58.4 cm³/mol. The summed E-state index contributed by atoms with van der Waals surface area (Å²) in [5.41, 5.74) is 0.146. The van der Waals surface area contributed by atoms with Gasteiger partial charge in [-0.15, -0.1) is 0 Å². The number of halogens is 1. The van der Waals surface area contributed by atoms with E-state index in [1.54, 1.807) is 6.07 Å². The lowest BCUT2D eigenvalue weighted by Gasteiger charge is -2.39. The van der Waals surface area contributed by atoms with Crippen LogP contribution in [0.2, 0.25) is 0 Å². The molecule has 1 nitrogen and oxygen atoms in total. The van der Waals surface area contributed by atoms with Crippen LogP contribution in [-0.2, 0) is 12.1 Å². The van der Waals surface area contributed by atoms with E-state index >= 15 is 0 Å². The van der Waals surface area contributed by atoms with Crippen LogP contribution >= 0.6 is 0 Å². The number of hydrogen-bond acceptors (Lipinski definition) is 1. The van der Waals surface area contributed by atoms with Crippen LogP contribution in [0.15, 0.2) is 24.3 Å². The van der Waals surface area contributed by atoms with Crippen molar-refractivity contribution in [3.05, 3.63) is 35.4 Å². The second-order valence-corrected chi connectivity index (χ2v) is 4.63. The van der Waals surface area contributed by atoms with Crippen LogP contribution in [0.5, 0.6) is 0 Å². The Labute approximate surface area is 89.9 Å². The summed E-state index contributed by atoms with van der Waals surface area (Å²) in [5.74, 6) is -0.200. The SMILES string of the molecule is CC(C)C1(F)c2ccccc2CCC1O. The number of alkyl halides is 1. The van der Waals surface area contributed by atoms with Crippen molar-refractivity contribution in [3.63, 3.8) is 0 Å². The van der Waals surface area contributed by atoms with Crippen molar-refractivity contribution in [1.29, 1.82) is 0 Å². The zero-order valence-electron chi connectivity index (χ0n) is 9.20. The Kier molecular flexibility index (Phi) is 2.55. The van der Waals surface area contributed by atoms with E-state index in [9.17, 15) is 9.50 Å². The van der Waals surface area contributed by atoms with Crippen molar-refractivity contribution in [2.75, 3.05) is 0 Å². The summed E-state index contributed by atoms with van der Waals surface area (Å²) < 4.78 is 14.8. The molecule has 1 aliphatic carbocycles. The second kappa shape index (κ2) is 3.60. The lowest BCUT2D eigenvalue weighted by molar-refractivity contribution is -0.0576. The van der Waals surface area contributed by atoms with E-state index in [0.717, 1.165) is 12.0 Å². The fourth-order valence-electron chi connectivity index (χ4n) is 2.49. The minimum atomic E-state index is -1.57. The maximum atomic E-state index is 14.8. The van der Waals surface area contributed by atoms with E-state index in [2.05, 4.69) is 0 Å². The number of rotatable bonds is 1. The maximum absolute atomic E-state index is 14.8. The van der Waals surface area contributed by atoms with Crippen molar-refractivity contribution in [1.82, 2.24) is 0 Å². The van der Waals surface area contributed by atoms with Crippen LogP contribution < -0.4 is 0 Å². The predicted octanol–water partition coefficient (Wildman–Crippen LogP) is 2.81. The van der Waals surface area contributed by atoms with Gasteiger partial charge in [-0.1, -0.05) is 38.1 Å². The third-order valence-electron chi connectivity index (χ3n) is 3.44. The highest BCUT2D eigenvalue weighted by molar-refractivity contribution is 5.36. The molecule has 1 aromatic rings. The molecule has 2 unspecified atom stereocenters. The first-order valence-electron chi connectivity index (χ1n) is 5.52. The van der Waals surface area contributed by atoms with Crippen molar-refractivity contribution in [3.8, 4) is 0 Å². The van der Waals surface area contributed by atoms with E-state index in [1.807, 2.05) is 32.0 Å². The molecule has 0 saturated heterocycles. The smallest absolute Gasteiger partial charge is 0.164 e. The zero-order chi connectivity index (χ0) is 11.1. The minimum Gasteiger partial charge on any atom is -0.389 e. The van der Waals surface area contributed by atoms with E-state index in [1.165, 1.54) is 0 Å². The molecule has 15 heavy (non-hydrogen) atoms. The quantitative estimate of drug-likeness (QED) is 0.752. The van der Waals surface area contributed by atoms with Gasteiger partial charge in [0, 0.05) is 0 Å². The summed E-state index contributed by atoms with van der Waals surface area (Å²) in [6.07, 6.45) is 0.425. The van der Waals surface area contributed by atoms with Crippen LogP contribution in [0, 0.1) is 5.92 Å². The average Bonchev–Trinajstić information content (AvgIpc) is 2.23. The van der Waals surface area contributed by atoms with Crippen LogP contribution in [0.1, 0.15) is 31.4 Å². The van der Waals surface area contributed by atoms with Gasteiger partial charge in [-0.2, -0.15) is 0 Å². The van der Waals surface area contributed by atoms with Crippen LogP contribution in [0.25, 0.3) is 0 Å².